The maximum atomic E-state index is 10.3. The Kier molecular flexibility index (Phi) is 2.44. The van der Waals surface area contributed by atoms with E-state index < -0.39 is 20.0 Å². The summed E-state index contributed by atoms with van der Waals surface area (Å²) in [5, 5.41) is 8.46. The van der Waals surface area contributed by atoms with E-state index in [0.29, 0.717) is 0 Å². The minimum Gasteiger partial charge on any atom is -0.480 e. The molecule has 0 amide bonds. The van der Waals surface area contributed by atoms with Gasteiger partial charge in [-0.1, -0.05) is 0 Å². The molecule has 1 aliphatic heterocycles. The summed E-state index contributed by atoms with van der Waals surface area (Å²) in [7, 11) is -4.05. The predicted molar refractivity (Wildman–Crippen MR) is 41.7 cm³/mol. The first-order valence-electron chi connectivity index (χ1n) is 3.28. The molecule has 0 saturated carbocycles. The first-order valence-corrected chi connectivity index (χ1v) is 4.93. The molecule has 6 nitrogen and oxygen atoms in total. The van der Waals surface area contributed by atoms with Gasteiger partial charge in [-0.05, 0) is 6.42 Å². The van der Waals surface area contributed by atoms with Crippen molar-refractivity contribution in [2.75, 3.05) is 0 Å². The van der Waals surface area contributed by atoms with Crippen molar-refractivity contribution in [3.8, 4) is 0 Å². The number of rotatable bonds is 2. The van der Waals surface area contributed by atoms with Gasteiger partial charge in [0.2, 0.25) is 5.45 Å². The highest BCUT2D eigenvalue weighted by atomic mass is 31.2. The Morgan fingerprint density at radius 1 is 1.50 bits per heavy atom. The fraction of sp³-hybridized carbons (Fsp3) is 0.600. The Balaban J connectivity index is 2.73. The molecule has 0 aliphatic carbocycles. The van der Waals surface area contributed by atoms with Crippen LogP contribution in [0.25, 0.3) is 0 Å². The van der Waals surface area contributed by atoms with Gasteiger partial charge < -0.3 is 5.11 Å². The van der Waals surface area contributed by atoms with Crippen LogP contribution in [0.2, 0.25) is 0 Å². The number of carboxylic acids is 1. The molecular formula is C5H9NO5P+. The average Bonchev–Trinajstić information content (AvgIpc) is 2.30. The number of hydrogen-bond acceptors (Lipinski definition) is 5. The lowest BCUT2D eigenvalue weighted by Crippen LogP contribution is -2.13. The zero-order chi connectivity index (χ0) is 9.35. The molecule has 1 atom stereocenters. The lowest BCUT2D eigenvalue weighted by molar-refractivity contribution is -0.138. The van der Waals surface area contributed by atoms with Crippen molar-refractivity contribution in [1.82, 2.24) is 0 Å². The molecule has 0 aromatic heterocycles. The number of carboxylic acid groups (broad SMARTS) is 1. The van der Waals surface area contributed by atoms with Crippen molar-refractivity contribution in [3.63, 3.8) is 0 Å². The van der Waals surface area contributed by atoms with Crippen LogP contribution in [0, 0.1) is 0 Å². The molecule has 0 saturated heterocycles. The summed E-state index contributed by atoms with van der Waals surface area (Å²) >= 11 is 0. The summed E-state index contributed by atoms with van der Waals surface area (Å²) in [6, 6.07) is -0.939. The molecule has 0 bridgehead atoms. The van der Waals surface area contributed by atoms with Gasteiger partial charge >= 0.3 is 13.9 Å². The molecule has 0 aromatic carbocycles. The van der Waals surface area contributed by atoms with Crippen LogP contribution in [-0.2, 0) is 4.79 Å². The highest BCUT2D eigenvalue weighted by Crippen LogP contribution is 2.50. The van der Waals surface area contributed by atoms with Gasteiger partial charge in [-0.3, -0.25) is 0 Å². The van der Waals surface area contributed by atoms with Crippen molar-refractivity contribution in [2.45, 2.75) is 18.9 Å². The van der Waals surface area contributed by atoms with Gasteiger partial charge in [-0.2, -0.15) is 14.7 Å². The molecular weight excluding hydrogens is 185 g/mol. The van der Waals surface area contributed by atoms with Gasteiger partial charge in [-0.15, -0.1) is 0 Å². The minimum absolute atomic E-state index is 0.133. The van der Waals surface area contributed by atoms with Crippen molar-refractivity contribution < 1.29 is 24.6 Å². The van der Waals surface area contributed by atoms with Crippen molar-refractivity contribution in [2.24, 2.45) is 4.99 Å². The molecule has 1 unspecified atom stereocenters. The zero-order valence-corrected chi connectivity index (χ0v) is 6.98. The topological polar surface area (TPSA) is 110 Å². The second-order valence-electron chi connectivity index (χ2n) is 2.51. The Bertz CT molecular complexity index is 232. The van der Waals surface area contributed by atoms with Crippen LogP contribution in [0.5, 0.6) is 0 Å². The lowest BCUT2D eigenvalue weighted by Gasteiger charge is -1.99. The van der Waals surface area contributed by atoms with E-state index in [9.17, 15) is 4.79 Å². The molecule has 1 aliphatic rings. The molecule has 68 valence electrons. The van der Waals surface area contributed by atoms with Gasteiger partial charge in [0.05, 0.1) is 0 Å². The first kappa shape index (κ1) is 9.54. The van der Waals surface area contributed by atoms with Crippen molar-refractivity contribution in [3.05, 3.63) is 0 Å². The summed E-state index contributed by atoms with van der Waals surface area (Å²) in [5.74, 6) is -1.11. The molecule has 1 heterocycles. The minimum atomic E-state index is -4.05. The highest BCUT2D eigenvalue weighted by molar-refractivity contribution is 7.76. The summed E-state index contributed by atoms with van der Waals surface area (Å²) in [5.41, 5.74) is -0.185. The Labute approximate surface area is 68.8 Å². The van der Waals surface area contributed by atoms with E-state index in [1.807, 2.05) is 0 Å². The fourth-order valence-electron chi connectivity index (χ4n) is 0.981. The highest BCUT2D eigenvalue weighted by Gasteiger charge is 2.44. The summed E-state index contributed by atoms with van der Waals surface area (Å²) in [6.45, 7) is 0. The molecule has 0 spiro atoms. The molecule has 7 heteroatoms. The third-order valence-electron chi connectivity index (χ3n) is 1.58. The Morgan fingerprint density at radius 3 is 2.33 bits per heavy atom. The van der Waals surface area contributed by atoms with Crippen LogP contribution in [-0.4, -0.2) is 37.3 Å². The van der Waals surface area contributed by atoms with E-state index in [2.05, 4.69) is 4.99 Å². The lowest BCUT2D eigenvalue weighted by atomic mass is 10.2. The number of aliphatic imine (C=N–C) groups is 1. The number of nitrogens with zero attached hydrogens (tertiary/aromatic N) is 1. The van der Waals surface area contributed by atoms with E-state index >= 15 is 0 Å². The number of carbonyl (C=O) groups is 1. The van der Waals surface area contributed by atoms with Crippen LogP contribution in [0.4, 0.5) is 0 Å². The van der Waals surface area contributed by atoms with Crippen LogP contribution < -0.4 is 0 Å². The van der Waals surface area contributed by atoms with E-state index in [-0.39, 0.29) is 18.3 Å². The van der Waals surface area contributed by atoms with E-state index in [0.717, 1.165) is 0 Å². The molecule has 0 radical (unpaired) electrons. The zero-order valence-electron chi connectivity index (χ0n) is 6.08. The second-order valence-corrected chi connectivity index (χ2v) is 4.16. The van der Waals surface area contributed by atoms with E-state index in [1.165, 1.54) is 0 Å². The maximum Gasteiger partial charge on any atom is 0.455 e. The van der Waals surface area contributed by atoms with Crippen LogP contribution in [0.15, 0.2) is 4.99 Å². The normalized spacial score (nSPS) is 23.9. The Hall–Kier alpha value is -0.550. The first-order chi connectivity index (χ1) is 5.41. The third-order valence-corrected chi connectivity index (χ3v) is 2.61. The van der Waals surface area contributed by atoms with Crippen molar-refractivity contribution in [1.29, 1.82) is 0 Å². The van der Waals surface area contributed by atoms with Gasteiger partial charge in [0.15, 0.2) is 6.04 Å². The fourth-order valence-corrected chi connectivity index (χ4v) is 1.70. The summed E-state index contributed by atoms with van der Waals surface area (Å²) in [4.78, 5) is 40.0. The molecule has 12 heavy (non-hydrogen) atoms. The van der Waals surface area contributed by atoms with Crippen LogP contribution in [0.1, 0.15) is 12.8 Å². The van der Waals surface area contributed by atoms with E-state index in [1.54, 1.807) is 0 Å². The molecule has 1 rings (SSSR count). The number of hydrogen-bond donors (Lipinski definition) is 4. The quantitative estimate of drug-likeness (QED) is 0.437. The smallest absolute Gasteiger partial charge is 0.455 e. The molecule has 4 N–H and O–H groups in total. The van der Waals surface area contributed by atoms with Crippen LogP contribution >= 0.6 is 7.94 Å². The second kappa shape index (κ2) is 3.06. The standard InChI is InChI=1S/C5H8NO5P/c7-5(8)3-1-2-4(6-3)12(9,10)11/h3,9-11H,1-2H2/p+1. The Morgan fingerprint density at radius 2 is 2.08 bits per heavy atom. The summed E-state index contributed by atoms with van der Waals surface area (Å²) < 4.78 is 0. The van der Waals surface area contributed by atoms with Gasteiger partial charge in [0, 0.05) is 6.42 Å². The largest absolute Gasteiger partial charge is 0.480 e. The maximum absolute atomic E-state index is 10.3. The molecule has 0 aromatic rings. The summed E-state index contributed by atoms with van der Waals surface area (Å²) in [6.07, 6.45) is 0.350. The SMILES string of the molecule is O=C(O)C1CCC([P+](O)(O)O)=N1. The number of aliphatic carboxylic acids is 1. The average molecular weight is 194 g/mol. The van der Waals surface area contributed by atoms with Crippen LogP contribution in [0.3, 0.4) is 0 Å². The van der Waals surface area contributed by atoms with Gasteiger partial charge in [-0.25, -0.2) is 9.79 Å². The molecule has 0 fully saturated rings. The van der Waals surface area contributed by atoms with Crippen molar-refractivity contribution >= 4 is 19.4 Å². The third kappa shape index (κ3) is 1.98. The predicted octanol–water partition coefficient (Wildman–Crippen LogP) is -0.629. The van der Waals surface area contributed by atoms with Gasteiger partial charge in [0.1, 0.15) is 0 Å². The monoisotopic (exact) mass is 194 g/mol. The van der Waals surface area contributed by atoms with E-state index in [4.69, 9.17) is 19.8 Å². The van der Waals surface area contributed by atoms with Gasteiger partial charge in [0.25, 0.3) is 0 Å².